The van der Waals surface area contributed by atoms with Crippen LogP contribution in [0.5, 0.6) is 5.75 Å². The first-order chi connectivity index (χ1) is 13.1. The highest BCUT2D eigenvalue weighted by Crippen LogP contribution is 2.33. The Morgan fingerprint density at radius 2 is 1.81 bits per heavy atom. The lowest BCUT2D eigenvalue weighted by Gasteiger charge is -2.14. The number of benzene rings is 2. The minimum atomic E-state index is 0.702. The molecule has 0 atom stereocenters. The monoisotopic (exact) mass is 376 g/mol. The van der Waals surface area contributed by atoms with Crippen LogP contribution < -0.4 is 15.0 Å². The minimum absolute atomic E-state index is 0.702. The highest BCUT2D eigenvalue weighted by Gasteiger charge is 2.16. The zero-order valence-electron chi connectivity index (χ0n) is 15.4. The van der Waals surface area contributed by atoms with E-state index in [1.165, 1.54) is 0 Å². The zero-order chi connectivity index (χ0) is 18.8. The molecule has 0 radical (unpaired) electrons. The van der Waals surface area contributed by atoms with Crippen LogP contribution in [0.15, 0.2) is 70.0 Å². The molecule has 1 aliphatic heterocycles. The summed E-state index contributed by atoms with van der Waals surface area (Å²) in [4.78, 5) is 12.7. The van der Waals surface area contributed by atoms with E-state index >= 15 is 0 Å². The van der Waals surface area contributed by atoms with Crippen molar-refractivity contribution in [3.05, 3.63) is 70.4 Å². The Morgan fingerprint density at radius 3 is 2.48 bits per heavy atom. The molecule has 136 valence electrons. The highest BCUT2D eigenvalue weighted by atomic mass is 32.1. The van der Waals surface area contributed by atoms with Gasteiger partial charge in [-0.1, -0.05) is 6.07 Å². The van der Waals surface area contributed by atoms with Gasteiger partial charge in [-0.25, -0.2) is 9.98 Å². The van der Waals surface area contributed by atoms with Crippen molar-refractivity contribution in [3.8, 4) is 5.75 Å². The summed E-state index contributed by atoms with van der Waals surface area (Å²) in [7, 11) is 5.72. The SMILES string of the molecule is COc1ccc2c(c1)NC(c1ccc(N(C)C)cc1)=NC(c1cccs1)=N2. The number of hydrogen-bond donors (Lipinski definition) is 1. The Balaban J connectivity index is 1.81. The summed E-state index contributed by atoms with van der Waals surface area (Å²) < 4.78 is 5.37. The van der Waals surface area contributed by atoms with Crippen LogP contribution in [0.25, 0.3) is 0 Å². The fourth-order valence-electron chi connectivity index (χ4n) is 2.81. The van der Waals surface area contributed by atoms with Gasteiger partial charge < -0.3 is 15.0 Å². The zero-order valence-corrected chi connectivity index (χ0v) is 16.2. The van der Waals surface area contributed by atoms with Gasteiger partial charge in [0.15, 0.2) is 5.84 Å². The first kappa shape index (κ1) is 17.3. The molecular weight excluding hydrogens is 356 g/mol. The fraction of sp³-hybridized carbons (Fsp3) is 0.143. The predicted molar refractivity (Wildman–Crippen MR) is 114 cm³/mol. The number of nitrogens with zero attached hydrogens (tertiary/aromatic N) is 3. The van der Waals surface area contributed by atoms with Crippen molar-refractivity contribution in [1.82, 2.24) is 0 Å². The third-order valence-electron chi connectivity index (χ3n) is 4.30. The quantitative estimate of drug-likeness (QED) is 0.713. The first-order valence-corrected chi connectivity index (χ1v) is 9.46. The molecule has 6 heteroatoms. The molecule has 0 bridgehead atoms. The predicted octanol–water partition coefficient (Wildman–Crippen LogP) is 4.77. The number of aliphatic imine (C=N–C) groups is 2. The van der Waals surface area contributed by atoms with Crippen LogP contribution in [-0.2, 0) is 0 Å². The molecule has 5 nitrogen and oxygen atoms in total. The molecule has 0 saturated heterocycles. The van der Waals surface area contributed by atoms with Gasteiger partial charge >= 0.3 is 0 Å². The maximum Gasteiger partial charge on any atom is 0.172 e. The maximum atomic E-state index is 5.37. The van der Waals surface area contributed by atoms with E-state index in [-0.39, 0.29) is 0 Å². The highest BCUT2D eigenvalue weighted by molar-refractivity contribution is 7.12. The van der Waals surface area contributed by atoms with Crippen LogP contribution in [0.3, 0.4) is 0 Å². The number of nitrogens with one attached hydrogen (secondary N) is 1. The number of ether oxygens (including phenoxy) is 1. The molecule has 1 aliphatic rings. The van der Waals surface area contributed by atoms with E-state index in [4.69, 9.17) is 14.7 Å². The molecule has 3 aromatic rings. The summed E-state index contributed by atoms with van der Waals surface area (Å²) >= 11 is 1.63. The number of methoxy groups -OCH3 is 1. The molecule has 0 amide bonds. The van der Waals surface area contributed by atoms with Gasteiger partial charge in [-0.2, -0.15) is 0 Å². The van der Waals surface area contributed by atoms with Crippen molar-refractivity contribution in [2.75, 3.05) is 31.4 Å². The molecule has 1 aromatic heterocycles. The Bertz CT molecular complexity index is 1010. The lowest BCUT2D eigenvalue weighted by Crippen LogP contribution is -2.15. The summed E-state index contributed by atoms with van der Waals surface area (Å²) in [6.07, 6.45) is 0. The second kappa shape index (κ2) is 7.25. The third kappa shape index (κ3) is 3.57. The Labute approximate surface area is 162 Å². The number of hydrogen-bond acceptors (Lipinski definition) is 6. The van der Waals surface area contributed by atoms with Gasteiger partial charge in [-0.05, 0) is 47.8 Å². The number of anilines is 2. The smallest absolute Gasteiger partial charge is 0.172 e. The summed E-state index contributed by atoms with van der Waals surface area (Å²) in [5.74, 6) is 2.24. The number of amidine groups is 2. The number of thiophene rings is 1. The summed E-state index contributed by atoms with van der Waals surface area (Å²) in [5.41, 5.74) is 3.85. The normalized spacial score (nSPS) is 13.0. The molecule has 0 saturated carbocycles. The van der Waals surface area contributed by atoms with Crippen LogP contribution in [0.4, 0.5) is 17.1 Å². The molecule has 27 heavy (non-hydrogen) atoms. The van der Waals surface area contributed by atoms with E-state index in [9.17, 15) is 0 Å². The van der Waals surface area contributed by atoms with Crippen LogP contribution in [0.1, 0.15) is 10.4 Å². The van der Waals surface area contributed by atoms with E-state index < -0.39 is 0 Å². The Hall–Kier alpha value is -3.12. The number of fused-ring (bicyclic) bond motifs is 1. The van der Waals surface area contributed by atoms with Crippen LogP contribution >= 0.6 is 11.3 Å². The fourth-order valence-corrected chi connectivity index (χ4v) is 3.47. The van der Waals surface area contributed by atoms with Gasteiger partial charge in [0.05, 0.1) is 23.4 Å². The van der Waals surface area contributed by atoms with Crippen LogP contribution in [0.2, 0.25) is 0 Å². The molecule has 2 aromatic carbocycles. The van der Waals surface area contributed by atoms with Gasteiger partial charge in [0.1, 0.15) is 11.6 Å². The summed E-state index contributed by atoms with van der Waals surface area (Å²) in [6, 6.07) is 18.1. The average Bonchev–Trinajstić information content (AvgIpc) is 3.15. The van der Waals surface area contributed by atoms with Crippen molar-refractivity contribution in [3.63, 3.8) is 0 Å². The lowest BCUT2D eigenvalue weighted by atomic mass is 10.1. The molecule has 0 aliphatic carbocycles. The number of rotatable bonds is 4. The second-order valence-corrected chi connectivity index (χ2v) is 7.27. The average molecular weight is 376 g/mol. The van der Waals surface area contributed by atoms with E-state index in [2.05, 4.69) is 34.5 Å². The molecule has 0 unspecified atom stereocenters. The van der Waals surface area contributed by atoms with Crippen molar-refractivity contribution in [2.45, 2.75) is 0 Å². The minimum Gasteiger partial charge on any atom is -0.497 e. The molecular formula is C21H20N4OS. The largest absolute Gasteiger partial charge is 0.497 e. The molecule has 0 fully saturated rings. The van der Waals surface area contributed by atoms with Gasteiger partial charge in [0.25, 0.3) is 0 Å². The standard InChI is InChI=1S/C21H20N4OS/c1-25(2)15-8-6-14(7-9-15)20-23-18-13-16(26-3)10-11-17(18)22-21(24-20)19-5-4-12-27-19/h4-13H,1-3H3,(H,22,23,24). The maximum absolute atomic E-state index is 5.37. The van der Waals surface area contributed by atoms with Crippen molar-refractivity contribution >= 4 is 40.1 Å². The Kier molecular flexibility index (Phi) is 4.64. The topological polar surface area (TPSA) is 49.2 Å². The third-order valence-corrected chi connectivity index (χ3v) is 5.17. The first-order valence-electron chi connectivity index (χ1n) is 8.58. The molecule has 0 spiro atoms. The van der Waals surface area contributed by atoms with E-state index in [0.29, 0.717) is 5.84 Å². The Morgan fingerprint density at radius 1 is 1.00 bits per heavy atom. The van der Waals surface area contributed by atoms with Gasteiger partial charge in [0, 0.05) is 31.4 Å². The molecule has 1 N–H and O–H groups in total. The van der Waals surface area contributed by atoms with Crippen molar-refractivity contribution in [2.24, 2.45) is 9.98 Å². The van der Waals surface area contributed by atoms with Crippen LogP contribution in [0, 0.1) is 0 Å². The van der Waals surface area contributed by atoms with E-state index in [1.54, 1.807) is 18.4 Å². The summed E-state index contributed by atoms with van der Waals surface area (Å²) in [6.45, 7) is 0. The molecule has 2 heterocycles. The molecule has 4 rings (SSSR count). The van der Waals surface area contributed by atoms with Crippen molar-refractivity contribution in [1.29, 1.82) is 0 Å². The van der Waals surface area contributed by atoms with E-state index in [1.807, 2.05) is 49.8 Å². The van der Waals surface area contributed by atoms with E-state index in [0.717, 1.165) is 39.1 Å². The van der Waals surface area contributed by atoms with Crippen molar-refractivity contribution < 1.29 is 4.74 Å². The summed E-state index contributed by atoms with van der Waals surface area (Å²) in [5, 5.41) is 5.47. The second-order valence-electron chi connectivity index (χ2n) is 6.32. The van der Waals surface area contributed by atoms with Gasteiger partial charge in [-0.3, -0.25) is 0 Å². The lowest BCUT2D eigenvalue weighted by molar-refractivity contribution is 0.415. The van der Waals surface area contributed by atoms with Gasteiger partial charge in [-0.15, -0.1) is 11.3 Å². The van der Waals surface area contributed by atoms with Gasteiger partial charge in [0.2, 0.25) is 0 Å². The van der Waals surface area contributed by atoms with Crippen LogP contribution in [-0.4, -0.2) is 32.9 Å².